The lowest BCUT2D eigenvalue weighted by Gasteiger charge is -2.34. The second-order valence-electron chi connectivity index (χ2n) is 8.52. The Morgan fingerprint density at radius 1 is 0.944 bits per heavy atom. The Bertz CT molecular complexity index is 1520. The van der Waals surface area contributed by atoms with E-state index in [1.54, 1.807) is 71.8 Å². The maximum atomic E-state index is 13.2. The number of fused-ring (bicyclic) bond motifs is 1. The van der Waals surface area contributed by atoms with E-state index >= 15 is 0 Å². The fourth-order valence-corrected chi connectivity index (χ4v) is 5.42. The van der Waals surface area contributed by atoms with Crippen molar-refractivity contribution in [2.45, 2.75) is 11.4 Å². The molecule has 9 heteroatoms. The van der Waals surface area contributed by atoms with Crippen molar-refractivity contribution in [3.63, 3.8) is 0 Å². The van der Waals surface area contributed by atoms with E-state index in [9.17, 15) is 17.6 Å². The Morgan fingerprint density at radius 2 is 1.64 bits per heavy atom. The highest BCUT2D eigenvalue weighted by Crippen LogP contribution is 2.24. The third-order valence-corrected chi connectivity index (χ3v) is 7.49. The van der Waals surface area contributed by atoms with Crippen LogP contribution in [0.2, 0.25) is 0 Å². The number of carbonyl (C=O) groups is 1. The molecule has 0 bridgehead atoms. The fraction of sp³-hybridized carbons (Fsp3) is 0.185. The molecular formula is C27H25FN4O3S. The van der Waals surface area contributed by atoms with Crippen LogP contribution < -0.4 is 4.72 Å². The van der Waals surface area contributed by atoms with Gasteiger partial charge in [-0.15, -0.1) is 0 Å². The molecule has 1 unspecified atom stereocenters. The van der Waals surface area contributed by atoms with Crippen LogP contribution in [0.1, 0.15) is 17.3 Å². The average Bonchev–Trinajstić information content (AvgIpc) is 2.92. The number of hydrogen-bond acceptors (Lipinski definition) is 5. The molecule has 1 N–H and O–H groups in total. The number of hydrogen-bond donors (Lipinski definition) is 1. The second-order valence-corrected chi connectivity index (χ2v) is 10.2. The number of para-hydroxylation sites is 1. The molecule has 1 aliphatic rings. The minimum atomic E-state index is -3.89. The lowest BCUT2D eigenvalue weighted by molar-refractivity contribution is 0.0628. The molecule has 5 rings (SSSR count). The summed E-state index contributed by atoms with van der Waals surface area (Å²) in [6.07, 6.45) is 1.55. The van der Waals surface area contributed by atoms with Crippen molar-refractivity contribution in [3.05, 3.63) is 102 Å². The predicted molar refractivity (Wildman–Crippen MR) is 137 cm³/mol. The monoisotopic (exact) mass is 505 g/mol. The van der Waals surface area contributed by atoms with Gasteiger partial charge in [-0.25, -0.2) is 12.8 Å². The highest BCUT2D eigenvalue weighted by atomic mass is 32.2. The minimum absolute atomic E-state index is 0.0805. The molecule has 1 fully saturated rings. The topological polar surface area (TPSA) is 82.6 Å². The van der Waals surface area contributed by atoms with E-state index in [-0.39, 0.29) is 16.6 Å². The average molecular weight is 506 g/mol. The minimum Gasteiger partial charge on any atom is -0.336 e. The maximum Gasteiger partial charge on any atom is 0.264 e. The van der Waals surface area contributed by atoms with Crippen LogP contribution in [0.4, 0.5) is 10.1 Å². The summed E-state index contributed by atoms with van der Waals surface area (Å²) in [6, 6.07) is 20.8. The van der Waals surface area contributed by atoms with Crippen molar-refractivity contribution in [3.8, 4) is 0 Å². The molecule has 0 saturated carbocycles. The Kier molecular flexibility index (Phi) is 6.31. The van der Waals surface area contributed by atoms with Gasteiger partial charge in [0.1, 0.15) is 10.7 Å². The van der Waals surface area contributed by atoms with Crippen LogP contribution in [0.25, 0.3) is 10.9 Å². The summed E-state index contributed by atoms with van der Waals surface area (Å²) in [6.45, 7) is 1.33. The number of carbonyl (C=O) groups excluding carboxylic acids is 1. The van der Waals surface area contributed by atoms with Gasteiger partial charge in [0.05, 0.1) is 5.52 Å². The van der Waals surface area contributed by atoms with Gasteiger partial charge >= 0.3 is 0 Å². The Balaban J connectivity index is 1.22. The first-order chi connectivity index (χ1) is 17.8. The number of anilines is 1. The van der Waals surface area contributed by atoms with Gasteiger partial charge in [0.2, 0.25) is 0 Å². The number of nitrogens with zero attached hydrogens (tertiary/aromatic N) is 3. The molecule has 0 radical (unpaired) electrons. The highest BCUT2D eigenvalue weighted by Gasteiger charge is 2.23. The van der Waals surface area contributed by atoms with Gasteiger partial charge < -0.3 is 4.90 Å². The quantitative estimate of drug-likeness (QED) is 0.426. The number of halogens is 1. The van der Waals surface area contributed by atoms with Crippen LogP contribution >= 0.6 is 0 Å². The van der Waals surface area contributed by atoms with Crippen LogP contribution in [0, 0.1) is 5.82 Å². The van der Waals surface area contributed by atoms with Crippen molar-refractivity contribution in [2.24, 2.45) is 0 Å². The van der Waals surface area contributed by atoms with Gasteiger partial charge in [0, 0.05) is 56.9 Å². The standard InChI is InChI=1S/C27H25FN4O3S/c28-23-10-6-20(7-11-23)19-31-15-17-32(18-16-31)27(33)22-8-12-24(13-9-22)30-36(34,35)25-5-1-3-21-4-2-14-29-26(21)25/h1-14,30H,15-19H2/i19D. The van der Waals surface area contributed by atoms with Crippen molar-refractivity contribution in [1.82, 2.24) is 14.8 Å². The van der Waals surface area contributed by atoms with Gasteiger partial charge in [-0.3, -0.25) is 19.4 Å². The van der Waals surface area contributed by atoms with Crippen LogP contribution in [0.5, 0.6) is 0 Å². The summed E-state index contributed by atoms with van der Waals surface area (Å²) in [5, 5.41) is 0.723. The number of piperazine rings is 1. The molecule has 0 aliphatic carbocycles. The second kappa shape index (κ2) is 10.0. The lowest BCUT2D eigenvalue weighted by atomic mass is 10.1. The molecule has 1 aliphatic heterocycles. The molecule has 184 valence electrons. The largest absolute Gasteiger partial charge is 0.336 e. The Hall–Kier alpha value is -3.82. The van der Waals surface area contributed by atoms with Crippen LogP contribution in [0.3, 0.4) is 0 Å². The van der Waals surface area contributed by atoms with Crippen molar-refractivity contribution in [2.75, 3.05) is 30.9 Å². The summed E-state index contributed by atoms with van der Waals surface area (Å²) < 4.78 is 50.2. The lowest BCUT2D eigenvalue weighted by Crippen LogP contribution is -2.48. The molecule has 4 aromatic rings. The fourth-order valence-electron chi connectivity index (χ4n) is 4.18. The zero-order valence-electron chi connectivity index (χ0n) is 20.3. The normalized spacial score (nSPS) is 15.9. The molecule has 36 heavy (non-hydrogen) atoms. The van der Waals surface area contributed by atoms with Crippen molar-refractivity contribution >= 4 is 32.5 Å². The van der Waals surface area contributed by atoms with Gasteiger partial charge in [-0.1, -0.05) is 30.3 Å². The SMILES string of the molecule is [2H]C(c1ccc(F)cc1)N1CCN(C(=O)c2ccc(NS(=O)(=O)c3cccc4cccnc34)cc2)CC1. The van der Waals surface area contributed by atoms with Crippen molar-refractivity contribution < 1.29 is 19.0 Å². The van der Waals surface area contributed by atoms with Gasteiger partial charge in [-0.2, -0.15) is 0 Å². The molecule has 3 aromatic carbocycles. The third-order valence-electron chi connectivity index (χ3n) is 6.07. The highest BCUT2D eigenvalue weighted by molar-refractivity contribution is 7.93. The first kappa shape index (κ1) is 22.6. The molecular weight excluding hydrogens is 479 g/mol. The smallest absolute Gasteiger partial charge is 0.264 e. The number of amides is 1. The molecule has 2 heterocycles. The number of rotatable bonds is 6. The van der Waals surface area contributed by atoms with E-state index in [1.165, 1.54) is 18.2 Å². The number of benzene rings is 3. The first-order valence-electron chi connectivity index (χ1n) is 12.1. The number of aromatic nitrogens is 1. The van der Waals surface area contributed by atoms with E-state index in [1.807, 2.05) is 4.90 Å². The van der Waals surface area contributed by atoms with Crippen molar-refractivity contribution in [1.29, 1.82) is 0 Å². The maximum absolute atomic E-state index is 13.2. The predicted octanol–water partition coefficient (Wildman–Crippen LogP) is 4.13. The van der Waals surface area contributed by atoms with Gasteiger partial charge in [0.15, 0.2) is 0 Å². The van der Waals surface area contributed by atoms with E-state index in [0.717, 1.165) is 5.39 Å². The number of pyridine rings is 1. The summed E-state index contributed by atoms with van der Waals surface area (Å²) in [5.74, 6) is -0.494. The van der Waals surface area contributed by atoms with E-state index in [2.05, 4.69) is 9.71 Å². The van der Waals surface area contributed by atoms with Crippen LogP contribution in [-0.4, -0.2) is 55.3 Å². The zero-order chi connectivity index (χ0) is 26.0. The molecule has 1 aromatic heterocycles. The van der Waals surface area contributed by atoms with Crippen LogP contribution in [-0.2, 0) is 16.5 Å². The molecule has 1 atom stereocenters. The van der Waals surface area contributed by atoms with Gasteiger partial charge in [-0.05, 0) is 54.1 Å². The zero-order valence-corrected chi connectivity index (χ0v) is 20.2. The number of nitrogens with one attached hydrogen (secondary N) is 1. The molecule has 1 saturated heterocycles. The van der Waals surface area contributed by atoms with E-state index in [0.29, 0.717) is 48.5 Å². The van der Waals surface area contributed by atoms with E-state index < -0.39 is 16.5 Å². The Labute approximate surface area is 210 Å². The molecule has 7 nitrogen and oxygen atoms in total. The molecule has 0 spiro atoms. The molecule has 1 amide bonds. The summed E-state index contributed by atoms with van der Waals surface area (Å²) >= 11 is 0. The van der Waals surface area contributed by atoms with Gasteiger partial charge in [0.25, 0.3) is 15.9 Å². The first-order valence-corrected chi connectivity index (χ1v) is 13.0. The van der Waals surface area contributed by atoms with E-state index in [4.69, 9.17) is 1.37 Å². The summed E-state index contributed by atoms with van der Waals surface area (Å²) in [4.78, 5) is 21.0. The third kappa shape index (κ3) is 5.22. The number of sulfonamides is 1. The van der Waals surface area contributed by atoms with Crippen LogP contribution in [0.15, 0.2) is 90.0 Å². The summed E-state index contributed by atoms with van der Waals surface area (Å²) in [5.41, 5.74) is 1.88. The summed E-state index contributed by atoms with van der Waals surface area (Å²) in [7, 11) is -3.89. The Morgan fingerprint density at radius 3 is 2.36 bits per heavy atom.